The zero-order valence-corrected chi connectivity index (χ0v) is 5.64. The van der Waals surface area contributed by atoms with Gasteiger partial charge in [0.1, 0.15) is 11.1 Å². The molecule has 3 nitrogen and oxygen atoms in total. The van der Waals surface area contributed by atoms with Crippen molar-refractivity contribution < 1.29 is 0 Å². The number of halogens is 1. The van der Waals surface area contributed by atoms with Gasteiger partial charge in [-0.05, 0) is 6.07 Å². The van der Waals surface area contributed by atoms with Crippen LogP contribution >= 0.6 is 11.6 Å². The zero-order valence-electron chi connectivity index (χ0n) is 4.89. The summed E-state index contributed by atoms with van der Waals surface area (Å²) in [5.74, 6) is 0. The van der Waals surface area contributed by atoms with Crippen LogP contribution in [0.25, 0.3) is 0 Å². The number of nitriles is 1. The minimum atomic E-state index is -0.374. The molecule has 0 aliphatic rings. The van der Waals surface area contributed by atoms with Gasteiger partial charge < -0.3 is 4.98 Å². The summed E-state index contributed by atoms with van der Waals surface area (Å²) in [6.07, 6.45) is 1.31. The molecular formula is C6H3ClN2O. The highest BCUT2D eigenvalue weighted by Crippen LogP contribution is 2.01. The van der Waals surface area contributed by atoms with Gasteiger partial charge in [0.05, 0.1) is 5.56 Å². The van der Waals surface area contributed by atoms with E-state index in [4.69, 9.17) is 16.9 Å². The third kappa shape index (κ3) is 1.17. The standard InChI is InChI=1S/C6H3ClN2O/c7-5-1-4(2-8)3-9-6(5)10/h1,3H,(H,9,10). The molecule has 0 saturated carbocycles. The Hall–Kier alpha value is -1.27. The van der Waals surface area contributed by atoms with Crippen molar-refractivity contribution in [2.45, 2.75) is 0 Å². The maximum Gasteiger partial charge on any atom is 0.266 e. The third-order valence-electron chi connectivity index (χ3n) is 0.987. The summed E-state index contributed by atoms with van der Waals surface area (Å²) in [5.41, 5.74) is -0.0229. The molecule has 0 unspecified atom stereocenters. The summed E-state index contributed by atoms with van der Waals surface area (Å²) in [6, 6.07) is 3.16. The van der Waals surface area contributed by atoms with E-state index in [1.165, 1.54) is 12.3 Å². The van der Waals surface area contributed by atoms with E-state index in [0.717, 1.165) is 0 Å². The summed E-state index contributed by atoms with van der Waals surface area (Å²) in [6.45, 7) is 0. The number of aromatic nitrogens is 1. The first kappa shape index (κ1) is 6.84. The van der Waals surface area contributed by atoms with E-state index < -0.39 is 0 Å². The molecule has 1 N–H and O–H groups in total. The van der Waals surface area contributed by atoms with Crippen LogP contribution in [0.5, 0.6) is 0 Å². The lowest BCUT2D eigenvalue weighted by Gasteiger charge is -1.87. The summed E-state index contributed by atoms with van der Waals surface area (Å²) in [7, 11) is 0. The smallest absolute Gasteiger partial charge is 0.266 e. The summed E-state index contributed by atoms with van der Waals surface area (Å²) < 4.78 is 0. The second-order valence-electron chi connectivity index (χ2n) is 1.68. The van der Waals surface area contributed by atoms with Gasteiger partial charge in [-0.15, -0.1) is 0 Å². The number of pyridine rings is 1. The SMILES string of the molecule is N#Cc1c[nH]c(=O)c(Cl)c1. The van der Waals surface area contributed by atoms with Crippen LogP contribution in [0.1, 0.15) is 5.56 Å². The van der Waals surface area contributed by atoms with E-state index in [9.17, 15) is 4.79 Å². The molecule has 50 valence electrons. The third-order valence-corrected chi connectivity index (χ3v) is 1.27. The molecule has 0 saturated heterocycles. The van der Waals surface area contributed by atoms with Gasteiger partial charge in [0, 0.05) is 6.20 Å². The Bertz CT molecular complexity index is 336. The van der Waals surface area contributed by atoms with Crippen molar-refractivity contribution in [3.05, 3.63) is 33.2 Å². The van der Waals surface area contributed by atoms with Crippen LogP contribution in [0.15, 0.2) is 17.1 Å². The largest absolute Gasteiger partial charge is 0.327 e. The maximum atomic E-state index is 10.6. The van der Waals surface area contributed by atoms with Crippen LogP contribution in [0.4, 0.5) is 0 Å². The lowest BCUT2D eigenvalue weighted by molar-refractivity contribution is 1.22. The van der Waals surface area contributed by atoms with Crippen molar-refractivity contribution in [3.63, 3.8) is 0 Å². The molecule has 0 bridgehead atoms. The molecule has 0 radical (unpaired) electrons. The Labute approximate surface area is 61.9 Å². The molecule has 0 fully saturated rings. The van der Waals surface area contributed by atoms with Crippen molar-refractivity contribution in [1.82, 2.24) is 4.98 Å². The van der Waals surface area contributed by atoms with Gasteiger partial charge in [0.25, 0.3) is 5.56 Å². The highest BCUT2D eigenvalue weighted by molar-refractivity contribution is 6.30. The molecule has 1 aromatic heterocycles. The summed E-state index contributed by atoms with van der Waals surface area (Å²) >= 11 is 5.40. The van der Waals surface area contributed by atoms with Crippen molar-refractivity contribution in [2.24, 2.45) is 0 Å². The fourth-order valence-corrected chi connectivity index (χ4v) is 0.693. The average Bonchev–Trinajstić information content (AvgIpc) is 1.95. The lowest BCUT2D eigenvalue weighted by atomic mass is 10.3. The maximum absolute atomic E-state index is 10.6. The van der Waals surface area contributed by atoms with Gasteiger partial charge in [-0.3, -0.25) is 4.79 Å². The number of rotatable bonds is 0. The Kier molecular flexibility index (Phi) is 1.74. The number of aromatic amines is 1. The Morgan fingerprint density at radius 1 is 1.70 bits per heavy atom. The van der Waals surface area contributed by atoms with E-state index >= 15 is 0 Å². The van der Waals surface area contributed by atoms with Crippen molar-refractivity contribution in [1.29, 1.82) is 5.26 Å². The molecule has 0 aliphatic carbocycles. The first-order valence-corrected chi connectivity index (χ1v) is 2.90. The van der Waals surface area contributed by atoms with Crippen LogP contribution in [0, 0.1) is 11.3 Å². The van der Waals surface area contributed by atoms with Crippen LogP contribution in [-0.4, -0.2) is 4.98 Å². The van der Waals surface area contributed by atoms with Crippen LogP contribution in [-0.2, 0) is 0 Å². The predicted octanol–water partition coefficient (Wildman–Crippen LogP) is 0.900. The van der Waals surface area contributed by atoms with E-state index in [1.54, 1.807) is 0 Å². The number of nitrogens with one attached hydrogen (secondary N) is 1. The molecule has 0 atom stereocenters. The van der Waals surface area contributed by atoms with Gasteiger partial charge in [0.2, 0.25) is 0 Å². The van der Waals surface area contributed by atoms with Gasteiger partial charge in [-0.1, -0.05) is 11.6 Å². The number of hydrogen-bond donors (Lipinski definition) is 1. The van der Waals surface area contributed by atoms with Gasteiger partial charge in [-0.2, -0.15) is 5.26 Å². The van der Waals surface area contributed by atoms with Crippen LogP contribution in [0.3, 0.4) is 0 Å². The number of hydrogen-bond acceptors (Lipinski definition) is 2. The normalized spacial score (nSPS) is 8.80. The lowest BCUT2D eigenvalue weighted by Crippen LogP contribution is -2.04. The molecule has 0 amide bonds. The summed E-state index contributed by atoms with van der Waals surface area (Å²) in [4.78, 5) is 12.9. The number of H-pyrrole nitrogens is 1. The zero-order chi connectivity index (χ0) is 7.56. The fraction of sp³-hybridized carbons (Fsp3) is 0. The van der Waals surface area contributed by atoms with E-state index in [-0.39, 0.29) is 10.6 Å². The minimum absolute atomic E-state index is 0.0408. The fourth-order valence-electron chi connectivity index (χ4n) is 0.521. The van der Waals surface area contributed by atoms with E-state index in [1.807, 2.05) is 6.07 Å². The van der Waals surface area contributed by atoms with E-state index in [2.05, 4.69) is 4.98 Å². The first-order chi connectivity index (χ1) is 4.74. The van der Waals surface area contributed by atoms with Gasteiger partial charge in [-0.25, -0.2) is 0 Å². The highest BCUT2D eigenvalue weighted by atomic mass is 35.5. The Morgan fingerprint density at radius 3 is 2.90 bits per heavy atom. The quantitative estimate of drug-likeness (QED) is 0.604. The average molecular weight is 155 g/mol. The second kappa shape index (κ2) is 2.54. The molecule has 4 heteroatoms. The molecule has 10 heavy (non-hydrogen) atoms. The molecule has 0 aliphatic heterocycles. The van der Waals surface area contributed by atoms with Crippen LogP contribution < -0.4 is 5.56 Å². The molecule has 1 rings (SSSR count). The molecule has 0 aromatic carbocycles. The van der Waals surface area contributed by atoms with Crippen molar-refractivity contribution in [2.75, 3.05) is 0 Å². The Balaban J connectivity index is 3.34. The molecular weight excluding hydrogens is 152 g/mol. The molecule has 1 heterocycles. The van der Waals surface area contributed by atoms with Gasteiger partial charge >= 0.3 is 0 Å². The predicted molar refractivity (Wildman–Crippen MR) is 36.8 cm³/mol. The monoisotopic (exact) mass is 154 g/mol. The van der Waals surface area contributed by atoms with Gasteiger partial charge in [0.15, 0.2) is 0 Å². The topological polar surface area (TPSA) is 56.6 Å². The van der Waals surface area contributed by atoms with E-state index in [0.29, 0.717) is 5.56 Å². The van der Waals surface area contributed by atoms with Crippen molar-refractivity contribution in [3.8, 4) is 6.07 Å². The molecule has 1 aromatic rings. The summed E-state index contributed by atoms with van der Waals surface area (Å²) in [5, 5.41) is 8.36. The number of nitrogens with zero attached hydrogens (tertiary/aromatic N) is 1. The van der Waals surface area contributed by atoms with Crippen LogP contribution in [0.2, 0.25) is 5.02 Å². The minimum Gasteiger partial charge on any atom is -0.327 e. The first-order valence-electron chi connectivity index (χ1n) is 2.52. The Morgan fingerprint density at radius 2 is 2.40 bits per heavy atom. The second-order valence-corrected chi connectivity index (χ2v) is 2.08. The highest BCUT2D eigenvalue weighted by Gasteiger charge is 1.95. The van der Waals surface area contributed by atoms with Crippen molar-refractivity contribution >= 4 is 11.6 Å². The molecule has 0 spiro atoms.